The Morgan fingerprint density at radius 2 is 2.00 bits per heavy atom. The quantitative estimate of drug-likeness (QED) is 0.556. The van der Waals surface area contributed by atoms with E-state index in [9.17, 15) is 9.50 Å². The van der Waals surface area contributed by atoms with Gasteiger partial charge >= 0.3 is 0 Å². The van der Waals surface area contributed by atoms with Gasteiger partial charge in [0, 0.05) is 18.1 Å². The number of furan rings is 1. The minimum atomic E-state index is -0.723. The van der Waals surface area contributed by atoms with Crippen LogP contribution in [0.4, 0.5) is 4.39 Å². The summed E-state index contributed by atoms with van der Waals surface area (Å²) in [5.74, 6) is 1.15. The van der Waals surface area contributed by atoms with Gasteiger partial charge in [-0.1, -0.05) is 23.7 Å². The van der Waals surface area contributed by atoms with Crippen molar-refractivity contribution in [1.82, 2.24) is 4.90 Å². The van der Waals surface area contributed by atoms with E-state index in [1.807, 2.05) is 36.1 Å². The van der Waals surface area contributed by atoms with E-state index in [-0.39, 0.29) is 12.4 Å². The fraction of sp³-hybridized carbons (Fsp3) is 0.273. The van der Waals surface area contributed by atoms with Crippen molar-refractivity contribution in [2.45, 2.75) is 26.1 Å². The van der Waals surface area contributed by atoms with Crippen molar-refractivity contribution in [1.29, 1.82) is 0 Å². The zero-order chi connectivity index (χ0) is 19.9. The summed E-state index contributed by atoms with van der Waals surface area (Å²) in [4.78, 5) is 1.99. The summed E-state index contributed by atoms with van der Waals surface area (Å²) in [6.07, 6.45) is 0.887. The molecule has 0 aliphatic heterocycles. The third kappa shape index (κ3) is 6.09. The lowest BCUT2D eigenvalue weighted by molar-refractivity contribution is 0.0604. The SMILES string of the molecule is Cc1cc(OCC(O)CN(Cc2cccc(F)c2)Cc2ccco2)ccc1Cl. The molecule has 2 aromatic carbocycles. The number of halogens is 2. The van der Waals surface area contributed by atoms with Gasteiger partial charge < -0.3 is 14.3 Å². The van der Waals surface area contributed by atoms with Crippen molar-refractivity contribution in [3.8, 4) is 5.75 Å². The Labute approximate surface area is 169 Å². The van der Waals surface area contributed by atoms with Crippen molar-refractivity contribution < 1.29 is 18.7 Å². The highest BCUT2D eigenvalue weighted by molar-refractivity contribution is 6.31. The van der Waals surface area contributed by atoms with E-state index >= 15 is 0 Å². The summed E-state index contributed by atoms with van der Waals surface area (Å²) in [7, 11) is 0. The zero-order valence-electron chi connectivity index (χ0n) is 15.6. The molecule has 28 heavy (non-hydrogen) atoms. The smallest absolute Gasteiger partial charge is 0.123 e. The minimum absolute atomic E-state index is 0.138. The van der Waals surface area contributed by atoms with Gasteiger partial charge in [0.2, 0.25) is 0 Å². The van der Waals surface area contributed by atoms with Gasteiger partial charge in [0.25, 0.3) is 0 Å². The van der Waals surface area contributed by atoms with Gasteiger partial charge in [0.05, 0.1) is 12.8 Å². The van der Waals surface area contributed by atoms with Crippen LogP contribution in [0.2, 0.25) is 5.02 Å². The lowest BCUT2D eigenvalue weighted by Crippen LogP contribution is -2.35. The van der Waals surface area contributed by atoms with Gasteiger partial charge in [-0.2, -0.15) is 0 Å². The summed E-state index contributed by atoms with van der Waals surface area (Å²) in [5.41, 5.74) is 1.74. The summed E-state index contributed by atoms with van der Waals surface area (Å²) >= 11 is 6.02. The predicted molar refractivity (Wildman–Crippen MR) is 107 cm³/mol. The van der Waals surface area contributed by atoms with Gasteiger partial charge in [-0.15, -0.1) is 0 Å². The molecule has 3 rings (SSSR count). The van der Waals surface area contributed by atoms with Crippen LogP contribution in [-0.4, -0.2) is 29.3 Å². The van der Waals surface area contributed by atoms with Crippen LogP contribution >= 0.6 is 11.6 Å². The Morgan fingerprint density at radius 3 is 2.71 bits per heavy atom. The topological polar surface area (TPSA) is 45.8 Å². The van der Waals surface area contributed by atoms with E-state index in [1.54, 1.807) is 24.5 Å². The third-order valence-corrected chi connectivity index (χ3v) is 4.72. The molecule has 1 atom stereocenters. The van der Waals surface area contributed by atoms with Crippen LogP contribution < -0.4 is 4.74 Å². The number of hydrogen-bond acceptors (Lipinski definition) is 4. The Kier molecular flexibility index (Phi) is 7.09. The van der Waals surface area contributed by atoms with E-state index in [2.05, 4.69) is 0 Å². The van der Waals surface area contributed by atoms with Gasteiger partial charge in [-0.3, -0.25) is 4.90 Å². The van der Waals surface area contributed by atoms with Crippen LogP contribution in [-0.2, 0) is 13.1 Å². The van der Waals surface area contributed by atoms with Gasteiger partial charge in [-0.25, -0.2) is 4.39 Å². The lowest BCUT2D eigenvalue weighted by atomic mass is 10.2. The largest absolute Gasteiger partial charge is 0.491 e. The van der Waals surface area contributed by atoms with E-state index in [1.165, 1.54) is 12.1 Å². The van der Waals surface area contributed by atoms with E-state index < -0.39 is 6.10 Å². The molecule has 0 aliphatic rings. The Balaban J connectivity index is 1.61. The first-order chi connectivity index (χ1) is 13.5. The molecule has 0 bridgehead atoms. The van der Waals surface area contributed by atoms with E-state index in [4.69, 9.17) is 20.8 Å². The zero-order valence-corrected chi connectivity index (χ0v) is 16.4. The van der Waals surface area contributed by atoms with Crippen molar-refractivity contribution in [3.63, 3.8) is 0 Å². The van der Waals surface area contributed by atoms with Crippen LogP contribution in [0.3, 0.4) is 0 Å². The molecule has 0 radical (unpaired) electrons. The molecule has 0 amide bonds. The molecule has 0 saturated carbocycles. The standard InChI is InChI=1S/C22H23ClFNO3/c1-16-10-20(7-8-22(16)23)28-15-19(26)13-25(14-21-6-3-9-27-21)12-17-4-2-5-18(24)11-17/h2-11,19,26H,12-15H2,1H3. The molecule has 1 heterocycles. The predicted octanol–water partition coefficient (Wildman–Crippen LogP) is 4.82. The van der Waals surface area contributed by atoms with Crippen molar-refractivity contribution >= 4 is 11.6 Å². The molecule has 6 heteroatoms. The first kappa shape index (κ1) is 20.4. The number of aryl methyl sites for hydroxylation is 1. The molecule has 0 spiro atoms. The van der Waals surface area contributed by atoms with Crippen molar-refractivity contribution in [2.24, 2.45) is 0 Å². The summed E-state index contributed by atoms with van der Waals surface area (Å²) < 4.78 is 24.6. The van der Waals surface area contributed by atoms with Gasteiger partial charge in [-0.05, 0) is 60.5 Å². The molecule has 4 nitrogen and oxygen atoms in total. The summed E-state index contributed by atoms with van der Waals surface area (Å²) in [6, 6.07) is 15.5. The average molecular weight is 404 g/mol. The first-order valence-corrected chi connectivity index (χ1v) is 9.43. The number of rotatable bonds is 9. The highest BCUT2D eigenvalue weighted by Gasteiger charge is 2.15. The number of aliphatic hydroxyl groups excluding tert-OH is 1. The van der Waals surface area contributed by atoms with Crippen molar-refractivity contribution in [3.05, 3.63) is 88.6 Å². The summed E-state index contributed by atoms with van der Waals surface area (Å²) in [6.45, 7) is 3.37. The van der Waals surface area contributed by atoms with Crippen LogP contribution in [0.5, 0.6) is 5.75 Å². The van der Waals surface area contributed by atoms with Crippen molar-refractivity contribution in [2.75, 3.05) is 13.2 Å². The maximum Gasteiger partial charge on any atom is 0.123 e. The maximum absolute atomic E-state index is 13.5. The van der Waals surface area contributed by atoms with Crippen LogP contribution in [0.25, 0.3) is 0 Å². The molecule has 1 unspecified atom stereocenters. The molecule has 3 aromatic rings. The highest BCUT2D eigenvalue weighted by Crippen LogP contribution is 2.21. The molecule has 0 fully saturated rings. The monoisotopic (exact) mass is 403 g/mol. The Bertz CT molecular complexity index is 885. The molecule has 0 aliphatic carbocycles. The van der Waals surface area contributed by atoms with E-state index in [0.29, 0.717) is 30.4 Å². The molecular weight excluding hydrogens is 381 g/mol. The molecular formula is C22H23ClFNO3. The van der Waals surface area contributed by atoms with E-state index in [0.717, 1.165) is 16.9 Å². The molecule has 0 saturated heterocycles. The molecule has 1 N–H and O–H groups in total. The second-order valence-corrected chi connectivity index (χ2v) is 7.16. The Hall–Kier alpha value is -2.34. The minimum Gasteiger partial charge on any atom is -0.491 e. The number of hydrogen-bond donors (Lipinski definition) is 1. The third-order valence-electron chi connectivity index (χ3n) is 4.30. The van der Waals surface area contributed by atoms with Crippen LogP contribution in [0.1, 0.15) is 16.9 Å². The number of nitrogens with zero attached hydrogens (tertiary/aromatic N) is 1. The Morgan fingerprint density at radius 1 is 1.14 bits per heavy atom. The number of benzene rings is 2. The number of aliphatic hydroxyl groups is 1. The first-order valence-electron chi connectivity index (χ1n) is 9.06. The maximum atomic E-state index is 13.5. The van der Waals surface area contributed by atoms with Gasteiger partial charge in [0.15, 0.2) is 0 Å². The lowest BCUT2D eigenvalue weighted by Gasteiger charge is -2.24. The number of ether oxygens (including phenoxy) is 1. The molecule has 1 aromatic heterocycles. The highest BCUT2D eigenvalue weighted by atomic mass is 35.5. The normalized spacial score (nSPS) is 12.3. The fourth-order valence-electron chi connectivity index (χ4n) is 2.95. The second kappa shape index (κ2) is 9.73. The average Bonchev–Trinajstić information content (AvgIpc) is 3.16. The van der Waals surface area contributed by atoms with Crippen LogP contribution in [0, 0.1) is 12.7 Å². The van der Waals surface area contributed by atoms with Crippen LogP contribution in [0.15, 0.2) is 65.3 Å². The molecule has 148 valence electrons. The fourth-order valence-corrected chi connectivity index (χ4v) is 3.07. The second-order valence-electron chi connectivity index (χ2n) is 6.75. The summed E-state index contributed by atoms with van der Waals surface area (Å²) in [5, 5.41) is 11.1. The van der Waals surface area contributed by atoms with Gasteiger partial charge in [0.1, 0.15) is 30.0 Å².